The number of hydrogen-bond acceptors (Lipinski definition) is 5. The number of unbranched alkanes of at least 4 members (excludes halogenated alkanes) is 1. The molecule has 5 heteroatoms. The van der Waals surface area contributed by atoms with E-state index in [1.165, 1.54) is 7.11 Å². The van der Waals surface area contributed by atoms with E-state index in [0.717, 1.165) is 32.1 Å². The molecule has 156 valence electrons. The lowest BCUT2D eigenvalue weighted by Crippen LogP contribution is -2.39. The van der Waals surface area contributed by atoms with Gasteiger partial charge >= 0.3 is 5.97 Å². The molecule has 0 aliphatic heterocycles. The van der Waals surface area contributed by atoms with Crippen LogP contribution >= 0.6 is 0 Å². The van der Waals surface area contributed by atoms with E-state index >= 15 is 0 Å². The lowest BCUT2D eigenvalue weighted by Gasteiger charge is -2.43. The zero-order valence-corrected chi connectivity index (χ0v) is 16.9. The van der Waals surface area contributed by atoms with Gasteiger partial charge in [0, 0.05) is 30.1 Å². The Morgan fingerprint density at radius 1 is 1.36 bits per heavy atom. The van der Waals surface area contributed by atoms with Gasteiger partial charge in [-0.25, -0.2) is 0 Å². The second kappa shape index (κ2) is 10.7. The van der Waals surface area contributed by atoms with Crippen molar-refractivity contribution >= 4 is 11.8 Å². The summed E-state index contributed by atoms with van der Waals surface area (Å²) in [5, 5.41) is 20.7. The van der Waals surface area contributed by atoms with Crippen molar-refractivity contribution in [3.8, 4) is 0 Å². The van der Waals surface area contributed by atoms with Crippen LogP contribution in [0.3, 0.4) is 0 Å². The zero-order chi connectivity index (χ0) is 20.6. The van der Waals surface area contributed by atoms with E-state index in [1.54, 1.807) is 0 Å². The topological polar surface area (TPSA) is 83.8 Å². The number of rotatable bonds is 11. The van der Waals surface area contributed by atoms with Gasteiger partial charge in [0.25, 0.3) is 0 Å². The van der Waals surface area contributed by atoms with Crippen molar-refractivity contribution in [3.05, 3.63) is 37.0 Å². The minimum Gasteiger partial charge on any atom is -0.469 e. The van der Waals surface area contributed by atoms with Crippen LogP contribution in [0.15, 0.2) is 37.0 Å². The SMILES string of the molecule is C=CC1(C(O)CC=C[C@H]2[C@H](O)CC(=O)[C@@H]2CC=CCCCC(=O)OC)CCC1. The van der Waals surface area contributed by atoms with E-state index in [0.29, 0.717) is 19.3 Å². The van der Waals surface area contributed by atoms with E-state index in [4.69, 9.17) is 0 Å². The fraction of sp³-hybridized carbons (Fsp3) is 0.652. The molecule has 0 bridgehead atoms. The number of ether oxygens (including phenoxy) is 1. The summed E-state index contributed by atoms with van der Waals surface area (Å²) in [4.78, 5) is 23.3. The second-order valence-electron chi connectivity index (χ2n) is 8.07. The fourth-order valence-electron chi connectivity index (χ4n) is 4.21. The van der Waals surface area contributed by atoms with E-state index in [-0.39, 0.29) is 35.4 Å². The number of esters is 1. The summed E-state index contributed by atoms with van der Waals surface area (Å²) in [7, 11) is 1.38. The first-order valence-electron chi connectivity index (χ1n) is 10.3. The highest BCUT2D eigenvalue weighted by molar-refractivity contribution is 5.84. The molecule has 0 aromatic carbocycles. The van der Waals surface area contributed by atoms with Crippen LogP contribution in [0.25, 0.3) is 0 Å². The molecule has 2 saturated carbocycles. The van der Waals surface area contributed by atoms with Crippen molar-refractivity contribution in [2.24, 2.45) is 17.3 Å². The largest absolute Gasteiger partial charge is 0.469 e. The number of ketones is 1. The molecule has 2 aliphatic carbocycles. The Morgan fingerprint density at radius 2 is 2.11 bits per heavy atom. The number of carbonyl (C=O) groups excluding carboxylic acids is 2. The lowest BCUT2D eigenvalue weighted by atomic mass is 9.64. The summed E-state index contributed by atoms with van der Waals surface area (Å²) >= 11 is 0. The van der Waals surface area contributed by atoms with Gasteiger partial charge < -0.3 is 14.9 Å². The molecule has 0 saturated heterocycles. The van der Waals surface area contributed by atoms with Gasteiger partial charge in [0.1, 0.15) is 5.78 Å². The predicted molar refractivity (Wildman–Crippen MR) is 108 cm³/mol. The van der Waals surface area contributed by atoms with Crippen molar-refractivity contribution in [1.29, 1.82) is 0 Å². The molecule has 1 unspecified atom stereocenters. The highest BCUT2D eigenvalue weighted by atomic mass is 16.5. The Labute approximate surface area is 168 Å². The molecule has 2 rings (SSSR count). The standard InChI is InChI=1S/C23H34O5/c1-3-23(14-9-15-23)21(26)12-8-11-18-17(19(24)16-20(18)25)10-6-4-5-7-13-22(27)28-2/h3-4,6,8,11,17-18,20-21,25-26H,1,5,7,9-10,12-16H2,2H3/t17-,18-,20-,21?/m1/s1. The van der Waals surface area contributed by atoms with Crippen LogP contribution in [0.4, 0.5) is 0 Å². The molecule has 2 fully saturated rings. The molecular weight excluding hydrogens is 356 g/mol. The molecule has 2 aliphatic rings. The van der Waals surface area contributed by atoms with Crippen LogP contribution in [0.5, 0.6) is 0 Å². The van der Waals surface area contributed by atoms with E-state index in [2.05, 4.69) is 11.3 Å². The van der Waals surface area contributed by atoms with Gasteiger partial charge in [-0.15, -0.1) is 6.58 Å². The summed E-state index contributed by atoms with van der Waals surface area (Å²) in [6, 6.07) is 0. The highest BCUT2D eigenvalue weighted by Gasteiger charge is 2.41. The first-order chi connectivity index (χ1) is 13.4. The molecule has 0 aromatic heterocycles. The average molecular weight is 391 g/mol. The van der Waals surface area contributed by atoms with Crippen LogP contribution in [-0.4, -0.2) is 41.3 Å². The van der Waals surface area contributed by atoms with E-state index in [9.17, 15) is 19.8 Å². The number of carbonyl (C=O) groups is 2. The quantitative estimate of drug-likeness (QED) is 0.320. The maximum absolute atomic E-state index is 12.2. The molecule has 0 aromatic rings. The molecule has 4 atom stereocenters. The van der Waals surface area contributed by atoms with Crippen molar-refractivity contribution < 1.29 is 24.5 Å². The molecule has 2 N–H and O–H groups in total. The highest BCUT2D eigenvalue weighted by Crippen LogP contribution is 2.46. The Balaban J connectivity index is 1.83. The number of hydrogen-bond donors (Lipinski definition) is 2. The molecule has 0 spiro atoms. The molecule has 0 heterocycles. The van der Waals surface area contributed by atoms with Crippen molar-refractivity contribution in [2.75, 3.05) is 7.11 Å². The molecule has 0 amide bonds. The van der Waals surface area contributed by atoms with Gasteiger partial charge in [-0.3, -0.25) is 9.59 Å². The summed E-state index contributed by atoms with van der Waals surface area (Å²) in [6.45, 7) is 3.86. The van der Waals surface area contributed by atoms with E-state index in [1.807, 2.05) is 30.4 Å². The Kier molecular flexibility index (Phi) is 8.64. The van der Waals surface area contributed by atoms with Crippen molar-refractivity contribution in [3.63, 3.8) is 0 Å². The summed E-state index contributed by atoms with van der Waals surface area (Å²) < 4.78 is 4.60. The van der Waals surface area contributed by atoms with Crippen LogP contribution < -0.4 is 0 Å². The van der Waals surface area contributed by atoms with Gasteiger partial charge in [-0.1, -0.05) is 36.8 Å². The minimum absolute atomic E-state index is 0.0865. The Hall–Kier alpha value is -1.72. The second-order valence-corrected chi connectivity index (χ2v) is 8.07. The number of aliphatic hydroxyl groups is 2. The van der Waals surface area contributed by atoms with Gasteiger partial charge in [0.15, 0.2) is 0 Å². The number of Topliss-reactive ketones (excluding diaryl/α,β-unsaturated/α-hetero) is 1. The van der Waals surface area contributed by atoms with Gasteiger partial charge in [0.05, 0.1) is 19.3 Å². The third-order valence-electron chi connectivity index (χ3n) is 6.34. The zero-order valence-electron chi connectivity index (χ0n) is 16.9. The smallest absolute Gasteiger partial charge is 0.305 e. The third kappa shape index (κ3) is 5.65. The Morgan fingerprint density at radius 3 is 2.71 bits per heavy atom. The summed E-state index contributed by atoms with van der Waals surface area (Å²) in [5.41, 5.74) is -0.166. The normalized spacial score (nSPS) is 27.8. The van der Waals surface area contributed by atoms with Crippen LogP contribution in [-0.2, 0) is 14.3 Å². The predicted octanol–water partition coefficient (Wildman–Crippen LogP) is 3.51. The molecule has 28 heavy (non-hydrogen) atoms. The van der Waals surface area contributed by atoms with Gasteiger partial charge in [-0.2, -0.15) is 0 Å². The van der Waals surface area contributed by atoms with Gasteiger partial charge in [0.2, 0.25) is 0 Å². The third-order valence-corrected chi connectivity index (χ3v) is 6.34. The number of allylic oxidation sites excluding steroid dienone is 2. The molecule has 5 nitrogen and oxygen atoms in total. The maximum atomic E-state index is 12.2. The van der Waals surface area contributed by atoms with Crippen LogP contribution in [0.2, 0.25) is 0 Å². The molecular formula is C23H34O5. The van der Waals surface area contributed by atoms with Crippen molar-refractivity contribution in [1.82, 2.24) is 0 Å². The van der Waals surface area contributed by atoms with Crippen LogP contribution in [0.1, 0.15) is 57.8 Å². The first kappa shape index (κ1) is 22.6. The summed E-state index contributed by atoms with van der Waals surface area (Å²) in [6.07, 6.45) is 14.7. The summed E-state index contributed by atoms with van der Waals surface area (Å²) in [5.74, 6) is -0.559. The number of aliphatic hydroxyl groups excluding tert-OH is 2. The molecule has 0 radical (unpaired) electrons. The average Bonchev–Trinajstić information content (AvgIpc) is 2.90. The van der Waals surface area contributed by atoms with E-state index < -0.39 is 12.2 Å². The fourth-order valence-corrected chi connectivity index (χ4v) is 4.21. The minimum atomic E-state index is -0.657. The Bertz CT molecular complexity index is 602. The maximum Gasteiger partial charge on any atom is 0.305 e. The number of methoxy groups -OCH3 is 1. The van der Waals surface area contributed by atoms with Crippen molar-refractivity contribution in [2.45, 2.75) is 70.0 Å². The first-order valence-corrected chi connectivity index (χ1v) is 10.3. The van der Waals surface area contributed by atoms with Gasteiger partial charge in [-0.05, 0) is 38.5 Å². The monoisotopic (exact) mass is 390 g/mol. The lowest BCUT2D eigenvalue weighted by molar-refractivity contribution is -0.140. The van der Waals surface area contributed by atoms with Crippen LogP contribution in [0, 0.1) is 17.3 Å².